The van der Waals surface area contributed by atoms with Gasteiger partial charge in [0.2, 0.25) is 15.9 Å². The second-order valence-electron chi connectivity index (χ2n) is 5.59. The molecule has 0 saturated carbocycles. The fourth-order valence-electron chi connectivity index (χ4n) is 2.53. The van der Waals surface area contributed by atoms with E-state index in [0.29, 0.717) is 37.4 Å². The monoisotopic (exact) mass is 342 g/mol. The Morgan fingerprint density at radius 1 is 1.26 bits per heavy atom. The summed E-state index contributed by atoms with van der Waals surface area (Å²) in [5.41, 5.74) is 0.777. The van der Waals surface area contributed by atoms with E-state index in [9.17, 15) is 18.0 Å². The van der Waals surface area contributed by atoms with Gasteiger partial charge in [0.15, 0.2) is 0 Å². The molecular formula is C14H22N4O4S. The summed E-state index contributed by atoms with van der Waals surface area (Å²) in [6.45, 7) is 4.61. The summed E-state index contributed by atoms with van der Waals surface area (Å²) in [5.74, 6) is -0.0698. The minimum atomic E-state index is -3.21. The quantitative estimate of drug-likeness (QED) is 0.709. The minimum absolute atomic E-state index is 0.0580. The average Bonchev–Trinajstić information content (AvgIpc) is 2.55. The van der Waals surface area contributed by atoms with Crippen molar-refractivity contribution in [3.8, 4) is 0 Å². The van der Waals surface area contributed by atoms with Gasteiger partial charge in [-0.1, -0.05) is 0 Å². The Morgan fingerprint density at radius 3 is 2.43 bits per heavy atom. The number of carbonyl (C=O) groups is 1. The van der Waals surface area contributed by atoms with E-state index in [1.165, 1.54) is 15.2 Å². The first-order chi connectivity index (χ1) is 10.8. The first-order valence-electron chi connectivity index (χ1n) is 7.53. The number of sulfonamides is 1. The van der Waals surface area contributed by atoms with E-state index in [-0.39, 0.29) is 23.6 Å². The molecule has 1 aromatic rings. The summed E-state index contributed by atoms with van der Waals surface area (Å²) in [6, 6.07) is 0. The van der Waals surface area contributed by atoms with Crippen LogP contribution in [0.5, 0.6) is 0 Å². The van der Waals surface area contributed by atoms with Gasteiger partial charge in [-0.05, 0) is 13.8 Å². The van der Waals surface area contributed by atoms with Crippen molar-refractivity contribution in [2.45, 2.75) is 20.3 Å². The molecule has 0 radical (unpaired) electrons. The van der Waals surface area contributed by atoms with Crippen LogP contribution < -0.4 is 5.56 Å². The molecule has 1 fully saturated rings. The highest BCUT2D eigenvalue weighted by atomic mass is 32.2. The van der Waals surface area contributed by atoms with E-state index in [1.54, 1.807) is 25.8 Å². The Hall–Kier alpha value is -1.74. The molecule has 2 rings (SSSR count). The Kier molecular flexibility index (Phi) is 5.20. The molecule has 1 aromatic heterocycles. The van der Waals surface area contributed by atoms with E-state index >= 15 is 0 Å². The van der Waals surface area contributed by atoms with Crippen LogP contribution in [-0.2, 0) is 28.3 Å². The highest BCUT2D eigenvalue weighted by molar-refractivity contribution is 7.89. The Morgan fingerprint density at radius 2 is 1.87 bits per heavy atom. The summed E-state index contributed by atoms with van der Waals surface area (Å²) >= 11 is 0. The van der Waals surface area contributed by atoms with Crippen LogP contribution in [-0.4, -0.2) is 65.0 Å². The summed E-state index contributed by atoms with van der Waals surface area (Å²) in [4.78, 5) is 30.0. The van der Waals surface area contributed by atoms with Crippen molar-refractivity contribution in [3.05, 3.63) is 27.9 Å². The fraction of sp³-hybridized carbons (Fsp3) is 0.643. The minimum Gasteiger partial charge on any atom is -0.340 e. The number of piperazine rings is 1. The predicted molar refractivity (Wildman–Crippen MR) is 85.5 cm³/mol. The van der Waals surface area contributed by atoms with Crippen LogP contribution in [0.4, 0.5) is 0 Å². The van der Waals surface area contributed by atoms with Crippen LogP contribution in [0, 0.1) is 6.92 Å². The molecule has 0 unspecified atom stereocenters. The summed E-state index contributed by atoms with van der Waals surface area (Å²) < 4.78 is 26.4. The van der Waals surface area contributed by atoms with Gasteiger partial charge in [0.05, 0.1) is 24.2 Å². The zero-order chi connectivity index (χ0) is 17.2. The van der Waals surface area contributed by atoms with Gasteiger partial charge in [-0.2, -0.15) is 4.31 Å². The number of carbonyl (C=O) groups excluding carboxylic acids is 1. The van der Waals surface area contributed by atoms with Crippen molar-refractivity contribution in [2.24, 2.45) is 7.05 Å². The first kappa shape index (κ1) is 17.6. The molecule has 2 heterocycles. The van der Waals surface area contributed by atoms with Crippen molar-refractivity contribution in [1.29, 1.82) is 0 Å². The fourth-order valence-corrected chi connectivity index (χ4v) is 3.61. The SMILES string of the molecule is CCS(=O)(=O)N1CCN(C(=O)Cc2ncn(C)c(=O)c2C)CC1. The molecule has 0 aromatic carbocycles. The van der Waals surface area contributed by atoms with E-state index in [2.05, 4.69) is 4.98 Å². The molecule has 0 spiro atoms. The number of rotatable bonds is 4. The highest BCUT2D eigenvalue weighted by Crippen LogP contribution is 2.10. The Labute approximate surface area is 135 Å². The van der Waals surface area contributed by atoms with Gasteiger partial charge >= 0.3 is 0 Å². The molecule has 0 aliphatic carbocycles. The molecule has 1 saturated heterocycles. The third-order valence-corrected chi connectivity index (χ3v) is 6.01. The summed E-state index contributed by atoms with van der Waals surface area (Å²) in [6.07, 6.45) is 1.46. The largest absolute Gasteiger partial charge is 0.340 e. The van der Waals surface area contributed by atoms with Crippen LogP contribution in [0.2, 0.25) is 0 Å². The Bertz CT molecular complexity index is 749. The van der Waals surface area contributed by atoms with Crippen LogP contribution in [0.1, 0.15) is 18.2 Å². The number of hydrogen-bond donors (Lipinski definition) is 0. The van der Waals surface area contributed by atoms with E-state index in [4.69, 9.17) is 0 Å². The normalized spacial score (nSPS) is 16.6. The lowest BCUT2D eigenvalue weighted by molar-refractivity contribution is -0.131. The van der Waals surface area contributed by atoms with Gasteiger partial charge in [0.1, 0.15) is 0 Å². The smallest absolute Gasteiger partial charge is 0.256 e. The summed E-state index contributed by atoms with van der Waals surface area (Å²) in [5, 5.41) is 0. The lowest BCUT2D eigenvalue weighted by Crippen LogP contribution is -2.51. The highest BCUT2D eigenvalue weighted by Gasteiger charge is 2.28. The van der Waals surface area contributed by atoms with Crippen molar-refractivity contribution < 1.29 is 13.2 Å². The van der Waals surface area contributed by atoms with Crippen molar-refractivity contribution in [2.75, 3.05) is 31.9 Å². The van der Waals surface area contributed by atoms with Gasteiger partial charge in [-0.3, -0.25) is 9.59 Å². The molecule has 1 aliphatic heterocycles. The maximum absolute atomic E-state index is 12.4. The molecular weight excluding hydrogens is 320 g/mol. The lowest BCUT2D eigenvalue weighted by Gasteiger charge is -2.33. The Balaban J connectivity index is 2.01. The molecule has 0 N–H and O–H groups in total. The lowest BCUT2D eigenvalue weighted by atomic mass is 10.1. The number of aryl methyl sites for hydroxylation is 1. The average molecular weight is 342 g/mol. The molecule has 1 amide bonds. The number of amides is 1. The number of hydrogen-bond acceptors (Lipinski definition) is 5. The van der Waals surface area contributed by atoms with Crippen LogP contribution in [0.15, 0.2) is 11.1 Å². The van der Waals surface area contributed by atoms with E-state index < -0.39 is 10.0 Å². The second kappa shape index (κ2) is 6.79. The van der Waals surface area contributed by atoms with E-state index in [0.717, 1.165) is 0 Å². The number of aromatic nitrogens is 2. The van der Waals surface area contributed by atoms with E-state index in [1.807, 2.05) is 0 Å². The maximum atomic E-state index is 12.4. The van der Waals surface area contributed by atoms with Crippen LogP contribution in [0.25, 0.3) is 0 Å². The molecule has 9 heteroatoms. The van der Waals surface area contributed by atoms with Gasteiger partial charge < -0.3 is 9.47 Å². The van der Waals surface area contributed by atoms with Gasteiger partial charge in [-0.15, -0.1) is 0 Å². The van der Waals surface area contributed by atoms with Gasteiger partial charge in [0.25, 0.3) is 5.56 Å². The number of nitrogens with zero attached hydrogens (tertiary/aromatic N) is 4. The topological polar surface area (TPSA) is 92.6 Å². The molecule has 128 valence electrons. The van der Waals surface area contributed by atoms with Crippen molar-refractivity contribution in [1.82, 2.24) is 18.8 Å². The predicted octanol–water partition coefficient (Wildman–Crippen LogP) is -0.875. The zero-order valence-electron chi connectivity index (χ0n) is 13.7. The standard InChI is InChI=1S/C14H22N4O4S/c1-4-23(21,22)18-7-5-17(6-8-18)13(19)9-12-11(2)14(20)16(3)10-15-12/h10H,4-9H2,1-3H3. The molecule has 0 bridgehead atoms. The molecule has 1 aliphatic rings. The molecule has 0 atom stereocenters. The van der Waals surface area contributed by atoms with Gasteiger partial charge in [-0.25, -0.2) is 13.4 Å². The second-order valence-corrected chi connectivity index (χ2v) is 7.85. The molecule has 8 nitrogen and oxygen atoms in total. The third-order valence-electron chi connectivity index (χ3n) is 4.13. The molecule has 23 heavy (non-hydrogen) atoms. The van der Waals surface area contributed by atoms with Crippen molar-refractivity contribution in [3.63, 3.8) is 0 Å². The van der Waals surface area contributed by atoms with Crippen LogP contribution >= 0.6 is 0 Å². The van der Waals surface area contributed by atoms with Crippen molar-refractivity contribution >= 4 is 15.9 Å². The maximum Gasteiger partial charge on any atom is 0.256 e. The zero-order valence-corrected chi connectivity index (χ0v) is 14.5. The third kappa shape index (κ3) is 3.78. The van der Waals surface area contributed by atoms with Crippen LogP contribution in [0.3, 0.4) is 0 Å². The van der Waals surface area contributed by atoms with Gasteiger partial charge in [0, 0.05) is 38.8 Å². The summed E-state index contributed by atoms with van der Waals surface area (Å²) in [7, 11) is -1.59. The first-order valence-corrected chi connectivity index (χ1v) is 9.14.